The highest BCUT2D eigenvalue weighted by molar-refractivity contribution is 5.95. The molecule has 0 aromatic heterocycles. The minimum absolute atomic E-state index is 0.159. The molecule has 3 rings (SSSR count). The van der Waals surface area contributed by atoms with E-state index in [1.54, 1.807) is 12.1 Å². The molecule has 27 heavy (non-hydrogen) atoms. The topological polar surface area (TPSA) is 37.3 Å². The van der Waals surface area contributed by atoms with Crippen LogP contribution < -0.4 is 0 Å². The number of aromatic carboxylic acids is 1. The van der Waals surface area contributed by atoms with Crippen LogP contribution in [0.15, 0.2) is 36.4 Å². The fourth-order valence-corrected chi connectivity index (χ4v) is 4.28. The van der Waals surface area contributed by atoms with Crippen LogP contribution in [0.5, 0.6) is 0 Å². The highest BCUT2D eigenvalue weighted by atomic mass is 16.4. The van der Waals surface area contributed by atoms with Gasteiger partial charge in [-0.2, -0.15) is 0 Å². The van der Waals surface area contributed by atoms with Gasteiger partial charge in [-0.25, -0.2) is 4.79 Å². The normalized spacial score (nSPS) is 18.1. The van der Waals surface area contributed by atoms with E-state index in [0.29, 0.717) is 5.56 Å². The molecule has 2 aromatic rings. The second kappa shape index (κ2) is 6.67. The SMILES string of the molecule is CC(=Cc1ccccc1C(=O)O)c1cc2c(cc1C)C(C)(C)CCC2(C)C. The lowest BCUT2D eigenvalue weighted by atomic mass is 9.62. The number of hydrogen-bond acceptors (Lipinski definition) is 1. The zero-order valence-corrected chi connectivity index (χ0v) is 17.3. The van der Waals surface area contributed by atoms with Crippen LogP contribution in [-0.4, -0.2) is 11.1 Å². The summed E-state index contributed by atoms with van der Waals surface area (Å²) < 4.78 is 0. The molecule has 1 aliphatic rings. The number of aryl methyl sites for hydroxylation is 1. The van der Waals surface area contributed by atoms with Crippen LogP contribution in [-0.2, 0) is 10.8 Å². The molecular formula is C25H30O2. The lowest BCUT2D eigenvalue weighted by Gasteiger charge is -2.42. The summed E-state index contributed by atoms with van der Waals surface area (Å²) in [5.74, 6) is -0.889. The molecule has 2 nitrogen and oxygen atoms in total. The van der Waals surface area contributed by atoms with Crippen LogP contribution >= 0.6 is 0 Å². The van der Waals surface area contributed by atoms with Gasteiger partial charge < -0.3 is 5.11 Å². The van der Waals surface area contributed by atoms with Gasteiger partial charge in [-0.1, -0.05) is 64.1 Å². The van der Waals surface area contributed by atoms with Crippen molar-refractivity contribution in [1.29, 1.82) is 0 Å². The number of carboxylic acid groups (broad SMARTS) is 1. The van der Waals surface area contributed by atoms with Gasteiger partial charge in [0, 0.05) is 0 Å². The van der Waals surface area contributed by atoms with E-state index in [9.17, 15) is 9.90 Å². The first-order chi connectivity index (χ1) is 12.5. The maximum atomic E-state index is 11.5. The van der Waals surface area contributed by atoms with Crippen LogP contribution in [0.1, 0.15) is 85.6 Å². The van der Waals surface area contributed by atoms with Gasteiger partial charge in [0.1, 0.15) is 0 Å². The Kier molecular flexibility index (Phi) is 4.80. The second-order valence-electron chi connectivity index (χ2n) is 9.20. The molecule has 0 bridgehead atoms. The molecule has 0 amide bonds. The predicted molar refractivity (Wildman–Crippen MR) is 113 cm³/mol. The van der Waals surface area contributed by atoms with Crippen molar-refractivity contribution in [1.82, 2.24) is 0 Å². The smallest absolute Gasteiger partial charge is 0.336 e. The summed E-state index contributed by atoms with van der Waals surface area (Å²) in [5, 5.41) is 9.46. The molecule has 1 aliphatic carbocycles. The van der Waals surface area contributed by atoms with Crippen molar-refractivity contribution in [3.05, 3.63) is 69.8 Å². The Hall–Kier alpha value is -2.35. The number of carboxylic acids is 1. The summed E-state index contributed by atoms with van der Waals surface area (Å²) in [6.07, 6.45) is 4.38. The number of hydrogen-bond donors (Lipinski definition) is 1. The Morgan fingerprint density at radius 3 is 2.11 bits per heavy atom. The van der Waals surface area contributed by atoms with E-state index in [1.807, 2.05) is 18.2 Å². The van der Waals surface area contributed by atoms with Gasteiger partial charge >= 0.3 is 5.97 Å². The number of rotatable bonds is 3. The number of fused-ring (bicyclic) bond motifs is 1. The minimum atomic E-state index is -0.889. The molecule has 0 spiro atoms. The first-order valence-corrected chi connectivity index (χ1v) is 9.69. The van der Waals surface area contributed by atoms with Crippen LogP contribution in [0, 0.1) is 6.92 Å². The molecule has 0 radical (unpaired) electrons. The van der Waals surface area contributed by atoms with Crippen LogP contribution in [0.4, 0.5) is 0 Å². The molecule has 142 valence electrons. The maximum Gasteiger partial charge on any atom is 0.336 e. The highest BCUT2D eigenvalue weighted by Gasteiger charge is 2.37. The molecule has 0 unspecified atom stereocenters. The highest BCUT2D eigenvalue weighted by Crippen LogP contribution is 2.47. The van der Waals surface area contributed by atoms with E-state index in [1.165, 1.54) is 35.1 Å². The molecule has 0 atom stereocenters. The zero-order chi connectivity index (χ0) is 20.0. The number of benzene rings is 2. The van der Waals surface area contributed by atoms with Crippen molar-refractivity contribution in [3.63, 3.8) is 0 Å². The average Bonchev–Trinajstić information content (AvgIpc) is 2.59. The molecule has 2 aromatic carbocycles. The molecule has 0 heterocycles. The van der Waals surface area contributed by atoms with Crippen LogP contribution in [0.25, 0.3) is 11.6 Å². The van der Waals surface area contributed by atoms with Crippen molar-refractivity contribution < 1.29 is 9.90 Å². The standard InChI is InChI=1S/C25H30O2/c1-16(13-18-9-7-8-10-19(18)23(26)27)20-15-22-21(14-17(20)2)24(3,4)11-12-25(22,5)6/h7-10,13-15H,11-12H2,1-6H3,(H,26,27). The molecular weight excluding hydrogens is 332 g/mol. The van der Waals surface area contributed by atoms with Crippen molar-refractivity contribution in [2.24, 2.45) is 0 Å². The van der Waals surface area contributed by atoms with Crippen molar-refractivity contribution >= 4 is 17.6 Å². The lowest BCUT2D eigenvalue weighted by molar-refractivity contribution is 0.0696. The fraction of sp³-hybridized carbons (Fsp3) is 0.400. The van der Waals surface area contributed by atoms with E-state index in [0.717, 1.165) is 11.1 Å². The molecule has 0 saturated carbocycles. The summed E-state index contributed by atoms with van der Waals surface area (Å²) in [4.78, 5) is 11.5. The number of carbonyl (C=O) groups is 1. The van der Waals surface area contributed by atoms with E-state index in [2.05, 4.69) is 53.7 Å². The number of allylic oxidation sites excluding steroid dienone is 1. The third-order valence-corrected chi connectivity index (χ3v) is 6.19. The predicted octanol–water partition coefficient (Wildman–Crippen LogP) is 6.60. The summed E-state index contributed by atoms with van der Waals surface area (Å²) in [5.41, 5.74) is 7.89. The summed E-state index contributed by atoms with van der Waals surface area (Å²) >= 11 is 0. The van der Waals surface area contributed by atoms with Crippen molar-refractivity contribution in [2.75, 3.05) is 0 Å². The lowest BCUT2D eigenvalue weighted by Crippen LogP contribution is -2.34. The quantitative estimate of drug-likeness (QED) is 0.624. The van der Waals surface area contributed by atoms with Gasteiger partial charge in [-0.3, -0.25) is 0 Å². The second-order valence-corrected chi connectivity index (χ2v) is 9.20. The van der Waals surface area contributed by atoms with E-state index >= 15 is 0 Å². The molecule has 2 heteroatoms. The van der Waals surface area contributed by atoms with Gasteiger partial charge in [0.25, 0.3) is 0 Å². The Bertz CT molecular complexity index is 929. The van der Waals surface area contributed by atoms with Crippen molar-refractivity contribution in [2.45, 2.75) is 65.2 Å². The third kappa shape index (κ3) is 3.58. The zero-order valence-electron chi connectivity index (χ0n) is 17.3. The monoisotopic (exact) mass is 362 g/mol. The Morgan fingerprint density at radius 1 is 0.963 bits per heavy atom. The largest absolute Gasteiger partial charge is 0.478 e. The summed E-state index contributed by atoms with van der Waals surface area (Å²) in [7, 11) is 0. The van der Waals surface area contributed by atoms with Gasteiger partial charge in [-0.05, 0) is 77.0 Å². The Balaban J connectivity index is 2.15. The minimum Gasteiger partial charge on any atom is -0.478 e. The van der Waals surface area contributed by atoms with Gasteiger partial charge in [-0.15, -0.1) is 0 Å². The third-order valence-electron chi connectivity index (χ3n) is 6.19. The summed E-state index contributed by atoms with van der Waals surface area (Å²) in [6, 6.07) is 11.9. The Labute approximate surface area is 162 Å². The van der Waals surface area contributed by atoms with Gasteiger partial charge in [0.05, 0.1) is 5.56 Å². The summed E-state index contributed by atoms with van der Waals surface area (Å²) in [6.45, 7) is 13.6. The van der Waals surface area contributed by atoms with E-state index in [4.69, 9.17) is 0 Å². The van der Waals surface area contributed by atoms with Crippen molar-refractivity contribution in [3.8, 4) is 0 Å². The Morgan fingerprint density at radius 2 is 1.52 bits per heavy atom. The van der Waals surface area contributed by atoms with Crippen LogP contribution in [0.3, 0.4) is 0 Å². The molecule has 0 saturated heterocycles. The van der Waals surface area contributed by atoms with Gasteiger partial charge in [0.2, 0.25) is 0 Å². The molecule has 1 N–H and O–H groups in total. The van der Waals surface area contributed by atoms with E-state index in [-0.39, 0.29) is 10.8 Å². The maximum absolute atomic E-state index is 11.5. The van der Waals surface area contributed by atoms with Crippen LogP contribution in [0.2, 0.25) is 0 Å². The van der Waals surface area contributed by atoms with Gasteiger partial charge in [0.15, 0.2) is 0 Å². The first-order valence-electron chi connectivity index (χ1n) is 9.69. The molecule has 0 fully saturated rings. The average molecular weight is 363 g/mol. The molecule has 0 aliphatic heterocycles. The fourth-order valence-electron chi connectivity index (χ4n) is 4.28. The van der Waals surface area contributed by atoms with E-state index < -0.39 is 5.97 Å². The first kappa shape index (κ1) is 19.4.